The Balaban J connectivity index is 1.43. The molecule has 0 bridgehead atoms. The number of nitrogens with one attached hydrogen (secondary N) is 2. The average Bonchev–Trinajstić information content (AvgIpc) is 3.25. The van der Waals surface area contributed by atoms with Gasteiger partial charge in [0.1, 0.15) is 0 Å². The van der Waals surface area contributed by atoms with Crippen molar-refractivity contribution in [1.82, 2.24) is 20.3 Å². The Hall–Kier alpha value is -3.73. The molecular formula is C25H22N4O. The topological polar surface area (TPSA) is 70.7 Å². The van der Waals surface area contributed by atoms with Crippen molar-refractivity contribution in [3.05, 3.63) is 83.7 Å². The van der Waals surface area contributed by atoms with Crippen molar-refractivity contribution in [1.29, 1.82) is 0 Å². The first kappa shape index (κ1) is 18.3. The molecular weight excluding hydrogens is 372 g/mol. The van der Waals surface area contributed by atoms with Crippen LogP contribution in [0.3, 0.4) is 0 Å². The molecule has 1 aliphatic heterocycles. The summed E-state index contributed by atoms with van der Waals surface area (Å²) >= 11 is 0. The maximum Gasteiger partial charge on any atom is 0.253 e. The molecule has 148 valence electrons. The van der Waals surface area contributed by atoms with Gasteiger partial charge in [0.05, 0.1) is 17.0 Å². The Morgan fingerprint density at radius 1 is 0.933 bits per heavy atom. The molecule has 5 nitrogen and oxygen atoms in total. The lowest BCUT2D eigenvalue weighted by Crippen LogP contribution is -2.31. The second kappa shape index (κ2) is 7.59. The lowest BCUT2D eigenvalue weighted by atomic mass is 10.0. The van der Waals surface area contributed by atoms with Gasteiger partial charge in [0.15, 0.2) is 5.82 Å². The van der Waals surface area contributed by atoms with Gasteiger partial charge in [-0.25, -0.2) is 9.97 Å². The summed E-state index contributed by atoms with van der Waals surface area (Å²) in [5.41, 5.74) is 7.95. The Bertz CT molecular complexity index is 1210. The van der Waals surface area contributed by atoms with Crippen LogP contribution >= 0.6 is 0 Å². The van der Waals surface area contributed by atoms with E-state index in [0.29, 0.717) is 17.9 Å². The second-order valence-corrected chi connectivity index (χ2v) is 7.47. The van der Waals surface area contributed by atoms with Crippen molar-refractivity contribution >= 4 is 5.91 Å². The number of carbonyl (C=O) groups excluding carboxylic acids is 1. The van der Waals surface area contributed by atoms with Gasteiger partial charge in [0, 0.05) is 30.4 Å². The van der Waals surface area contributed by atoms with Crippen molar-refractivity contribution in [3.8, 4) is 33.9 Å². The SMILES string of the molecule is CCc1ccc(-c2ccc(-c3nccc(-c4cc5c([nH]4)CCNC5=O)n3)cc2)cc1. The van der Waals surface area contributed by atoms with Crippen LogP contribution in [0.4, 0.5) is 0 Å². The second-order valence-electron chi connectivity index (χ2n) is 7.47. The number of fused-ring (bicyclic) bond motifs is 1. The number of rotatable bonds is 4. The first-order valence-electron chi connectivity index (χ1n) is 10.2. The minimum absolute atomic E-state index is 0.0319. The maximum absolute atomic E-state index is 12.0. The van der Waals surface area contributed by atoms with Gasteiger partial charge >= 0.3 is 0 Å². The molecule has 0 unspecified atom stereocenters. The zero-order valence-corrected chi connectivity index (χ0v) is 16.8. The number of benzene rings is 2. The zero-order chi connectivity index (χ0) is 20.5. The Morgan fingerprint density at radius 2 is 1.63 bits per heavy atom. The van der Waals surface area contributed by atoms with Gasteiger partial charge in [0.25, 0.3) is 5.91 Å². The maximum atomic E-state index is 12.0. The standard InChI is InChI=1S/C25H22N4O/c1-2-16-3-5-17(6-4-16)18-7-9-19(10-8-18)24-26-13-12-22(29-24)23-15-20-21(28-23)11-14-27-25(20)30/h3-10,12-13,15,28H,2,11,14H2,1H3,(H,27,30). The lowest BCUT2D eigenvalue weighted by Gasteiger charge is -2.10. The quantitative estimate of drug-likeness (QED) is 0.529. The molecule has 0 fully saturated rings. The minimum Gasteiger partial charge on any atom is -0.356 e. The molecule has 4 aromatic rings. The highest BCUT2D eigenvalue weighted by Gasteiger charge is 2.20. The van der Waals surface area contributed by atoms with E-state index in [4.69, 9.17) is 4.98 Å². The van der Waals surface area contributed by atoms with Gasteiger partial charge in [-0.3, -0.25) is 4.79 Å². The largest absolute Gasteiger partial charge is 0.356 e. The summed E-state index contributed by atoms with van der Waals surface area (Å²) in [5, 5.41) is 2.87. The molecule has 0 aliphatic carbocycles. The third-order valence-corrected chi connectivity index (χ3v) is 5.57. The van der Waals surface area contributed by atoms with E-state index in [1.807, 2.05) is 12.1 Å². The number of aryl methyl sites for hydroxylation is 1. The van der Waals surface area contributed by atoms with Crippen molar-refractivity contribution in [2.75, 3.05) is 6.54 Å². The van der Waals surface area contributed by atoms with E-state index in [9.17, 15) is 4.79 Å². The van der Waals surface area contributed by atoms with Crippen LogP contribution in [-0.2, 0) is 12.8 Å². The lowest BCUT2D eigenvalue weighted by molar-refractivity contribution is 0.0946. The fourth-order valence-electron chi connectivity index (χ4n) is 3.82. The number of amides is 1. The van der Waals surface area contributed by atoms with Gasteiger partial charge < -0.3 is 10.3 Å². The molecule has 1 amide bonds. The molecule has 0 saturated heterocycles. The van der Waals surface area contributed by atoms with Crippen molar-refractivity contribution in [3.63, 3.8) is 0 Å². The molecule has 2 N–H and O–H groups in total. The molecule has 0 atom stereocenters. The summed E-state index contributed by atoms with van der Waals surface area (Å²) in [4.78, 5) is 24.6. The molecule has 0 saturated carbocycles. The van der Waals surface area contributed by atoms with E-state index in [-0.39, 0.29) is 5.91 Å². The molecule has 0 spiro atoms. The summed E-state index contributed by atoms with van der Waals surface area (Å²) in [6, 6.07) is 20.7. The molecule has 5 heteroatoms. The molecule has 30 heavy (non-hydrogen) atoms. The normalized spacial score (nSPS) is 13.0. The monoisotopic (exact) mass is 394 g/mol. The van der Waals surface area contributed by atoms with Gasteiger partial charge in [-0.1, -0.05) is 55.5 Å². The predicted octanol–water partition coefficient (Wildman–Crippen LogP) is 4.65. The molecule has 2 aromatic carbocycles. The predicted molar refractivity (Wildman–Crippen MR) is 118 cm³/mol. The molecule has 2 aromatic heterocycles. The summed E-state index contributed by atoms with van der Waals surface area (Å²) in [6.45, 7) is 2.82. The first-order valence-corrected chi connectivity index (χ1v) is 10.2. The van der Waals surface area contributed by atoms with Crippen LogP contribution in [0.2, 0.25) is 0 Å². The number of hydrogen-bond acceptors (Lipinski definition) is 3. The highest BCUT2D eigenvalue weighted by molar-refractivity contribution is 5.97. The molecule has 5 rings (SSSR count). The van der Waals surface area contributed by atoms with Crippen molar-refractivity contribution < 1.29 is 4.79 Å². The third kappa shape index (κ3) is 3.39. The summed E-state index contributed by atoms with van der Waals surface area (Å²) < 4.78 is 0. The fraction of sp³-hybridized carbons (Fsp3) is 0.160. The van der Waals surface area contributed by atoms with Crippen LogP contribution in [0, 0.1) is 0 Å². The zero-order valence-electron chi connectivity index (χ0n) is 16.8. The molecule has 0 radical (unpaired) electrons. The van der Waals surface area contributed by atoms with Gasteiger partial charge in [-0.05, 0) is 35.2 Å². The van der Waals surface area contributed by atoms with Crippen LogP contribution in [0.1, 0.15) is 28.5 Å². The smallest absolute Gasteiger partial charge is 0.253 e. The van der Waals surface area contributed by atoms with Gasteiger partial charge in [-0.15, -0.1) is 0 Å². The summed E-state index contributed by atoms with van der Waals surface area (Å²) in [5.74, 6) is 0.632. The third-order valence-electron chi connectivity index (χ3n) is 5.57. The number of H-pyrrole nitrogens is 1. The average molecular weight is 394 g/mol. The molecule has 3 heterocycles. The van der Waals surface area contributed by atoms with E-state index < -0.39 is 0 Å². The summed E-state index contributed by atoms with van der Waals surface area (Å²) in [7, 11) is 0. The van der Waals surface area contributed by atoms with Gasteiger partial charge in [0.2, 0.25) is 0 Å². The van der Waals surface area contributed by atoms with E-state index >= 15 is 0 Å². The van der Waals surface area contributed by atoms with E-state index in [2.05, 4.69) is 70.7 Å². The van der Waals surface area contributed by atoms with Crippen LogP contribution in [-0.4, -0.2) is 27.4 Å². The van der Waals surface area contributed by atoms with Crippen LogP contribution in [0.25, 0.3) is 33.9 Å². The fourth-order valence-corrected chi connectivity index (χ4v) is 3.82. The van der Waals surface area contributed by atoms with Crippen LogP contribution in [0.15, 0.2) is 66.9 Å². The van der Waals surface area contributed by atoms with E-state index in [1.54, 1.807) is 6.20 Å². The Morgan fingerprint density at radius 3 is 2.33 bits per heavy atom. The van der Waals surface area contributed by atoms with Crippen LogP contribution < -0.4 is 5.32 Å². The minimum atomic E-state index is -0.0319. The highest BCUT2D eigenvalue weighted by atomic mass is 16.1. The van der Waals surface area contributed by atoms with Crippen LogP contribution in [0.5, 0.6) is 0 Å². The number of carbonyl (C=O) groups is 1. The van der Waals surface area contributed by atoms with E-state index in [1.165, 1.54) is 16.7 Å². The first-order chi connectivity index (χ1) is 14.7. The Kier molecular flexibility index (Phi) is 4.64. The summed E-state index contributed by atoms with van der Waals surface area (Å²) in [6.07, 6.45) is 3.61. The van der Waals surface area contributed by atoms with Crippen molar-refractivity contribution in [2.24, 2.45) is 0 Å². The Labute approximate surface area is 175 Å². The number of nitrogens with zero attached hydrogens (tertiary/aromatic N) is 2. The number of hydrogen-bond donors (Lipinski definition) is 2. The molecule has 1 aliphatic rings. The highest BCUT2D eigenvalue weighted by Crippen LogP contribution is 2.26. The van der Waals surface area contributed by atoms with Gasteiger partial charge in [-0.2, -0.15) is 0 Å². The number of aromatic amines is 1. The van der Waals surface area contributed by atoms with Crippen molar-refractivity contribution in [2.45, 2.75) is 19.8 Å². The van der Waals surface area contributed by atoms with E-state index in [0.717, 1.165) is 35.5 Å². The number of aromatic nitrogens is 3.